The smallest absolute Gasteiger partial charge is 0.456 e. The largest absolute Gasteiger partial charge is 0.496 e. The molecule has 23 nitrogen and oxygen atoms in total. The zero-order valence-corrected chi connectivity index (χ0v) is 80.5. The molecule has 720 valence electrons. The molecule has 0 radical (unpaired) electrons. The highest BCUT2D eigenvalue weighted by molar-refractivity contribution is 6.29. The minimum atomic E-state index is -4.92. The van der Waals surface area contributed by atoms with Crippen LogP contribution in [0.4, 0.5) is 30.7 Å². The van der Waals surface area contributed by atoms with Crippen LogP contribution in [-0.4, -0.2) is 238 Å². The molecule has 134 heavy (non-hydrogen) atoms. The molecule has 0 aliphatic carbocycles. The van der Waals surface area contributed by atoms with Gasteiger partial charge in [0.1, 0.15) is 22.4 Å². The second kappa shape index (κ2) is 40.2. The molecule has 8 aliphatic heterocycles. The molecule has 0 unspecified atom stereocenters. The lowest BCUT2D eigenvalue weighted by Crippen LogP contribution is -2.57. The summed E-state index contributed by atoms with van der Waals surface area (Å²) >= 11 is 6.39. The van der Waals surface area contributed by atoms with E-state index >= 15 is 0 Å². The topological polar surface area (TPSA) is 198 Å². The van der Waals surface area contributed by atoms with E-state index in [-0.39, 0.29) is 69.9 Å². The summed E-state index contributed by atoms with van der Waals surface area (Å²) in [5.41, 5.74) is 9.11. The number of benzene rings is 4. The van der Waals surface area contributed by atoms with Crippen molar-refractivity contribution >= 4 is 46.8 Å². The van der Waals surface area contributed by atoms with Crippen LogP contribution in [0.5, 0.6) is 23.1 Å². The molecule has 17 rings (SSSR count). The Hall–Kier alpha value is -10.8. The fraction of sp³-hybridized carbons (Fsp3) is 0.505. The molecule has 4 fully saturated rings. The number of ether oxygens (including phenoxy) is 4. The van der Waals surface area contributed by atoms with Gasteiger partial charge in [-0.05, 0) is 256 Å². The number of likely N-dealkylation sites (N-methyl/N-ethyl adjacent to an activating group) is 4. The van der Waals surface area contributed by atoms with Gasteiger partial charge >= 0.3 is 12.4 Å². The van der Waals surface area contributed by atoms with Crippen molar-refractivity contribution in [3.05, 3.63) is 229 Å². The van der Waals surface area contributed by atoms with E-state index in [1.54, 1.807) is 67.5 Å². The van der Waals surface area contributed by atoms with Crippen LogP contribution in [0.25, 0.3) is 11.1 Å². The number of alkyl halides is 6. The lowest BCUT2D eigenvalue weighted by Gasteiger charge is -2.50. The zero-order chi connectivity index (χ0) is 96.5. The van der Waals surface area contributed by atoms with Crippen molar-refractivity contribution in [2.24, 2.45) is 0 Å². The number of halogens is 8. The molecule has 0 N–H and O–H groups in total. The highest BCUT2D eigenvalue weighted by Gasteiger charge is 2.53. The van der Waals surface area contributed by atoms with Crippen molar-refractivity contribution in [3.8, 4) is 34.3 Å². The van der Waals surface area contributed by atoms with E-state index in [0.717, 1.165) is 159 Å². The van der Waals surface area contributed by atoms with E-state index in [4.69, 9.17) is 30.5 Å². The highest BCUT2D eigenvalue weighted by Crippen LogP contribution is 2.50. The van der Waals surface area contributed by atoms with Crippen molar-refractivity contribution in [1.29, 1.82) is 0 Å². The number of hydrogen-bond acceptors (Lipinski definition) is 15. The number of Topliss-reactive ketones (excluding diaryl/α,β-unsaturated/α-hetero) is 2. The number of carbonyl (C=O) groups is 6. The number of rotatable bonds is 18. The predicted molar refractivity (Wildman–Crippen MR) is 502 cm³/mol. The third kappa shape index (κ3) is 18.8. The first kappa shape index (κ1) is 99.2. The average molecular weight is 1880 g/mol. The number of hydrogen-bond donors (Lipinski definition) is 0. The summed E-state index contributed by atoms with van der Waals surface area (Å²) in [5, 5.41) is 0.809. The van der Waals surface area contributed by atoms with Crippen molar-refractivity contribution in [2.45, 2.75) is 211 Å². The van der Waals surface area contributed by atoms with Crippen molar-refractivity contribution in [3.63, 3.8) is 0 Å². The summed E-state index contributed by atoms with van der Waals surface area (Å²) in [5.74, 6) is -0.314. The van der Waals surface area contributed by atoms with E-state index < -0.39 is 40.7 Å². The molecule has 1 atom stereocenters. The van der Waals surface area contributed by atoms with Gasteiger partial charge < -0.3 is 56.8 Å². The highest BCUT2D eigenvalue weighted by atomic mass is 35.5. The molecular formula is C103H127ClF7N13O10. The molecule has 4 saturated heterocycles. The quantitative estimate of drug-likeness (QED) is 0.0580. The number of fused-ring (bicyclic) bond motifs is 8. The van der Waals surface area contributed by atoms with Crippen molar-refractivity contribution in [2.75, 3.05) is 128 Å². The summed E-state index contributed by atoms with van der Waals surface area (Å²) in [6.45, 7) is 25.8. The van der Waals surface area contributed by atoms with Gasteiger partial charge in [0.25, 0.3) is 29.4 Å². The lowest BCUT2D eigenvalue weighted by atomic mass is 9.74. The van der Waals surface area contributed by atoms with Crippen LogP contribution in [0.3, 0.4) is 0 Å². The predicted octanol–water partition coefficient (Wildman–Crippen LogP) is 18.6. The maximum absolute atomic E-state index is 14.9. The van der Waals surface area contributed by atoms with Gasteiger partial charge in [0.05, 0.1) is 66.7 Å². The summed E-state index contributed by atoms with van der Waals surface area (Å²) in [7, 11) is 12.9. The minimum Gasteiger partial charge on any atom is -0.496 e. The Labute approximate surface area is 786 Å². The summed E-state index contributed by atoms with van der Waals surface area (Å²) in [4.78, 5) is 97.8. The molecule has 0 saturated carbocycles. The Balaban J connectivity index is 0.000000144. The molecular weight excluding hydrogens is 1750 g/mol. The molecule has 4 amide bonds. The minimum absolute atomic E-state index is 0.00609. The summed E-state index contributed by atoms with van der Waals surface area (Å²) in [6, 6.07) is 40.3. The van der Waals surface area contributed by atoms with E-state index in [1.165, 1.54) is 34.7 Å². The van der Waals surface area contributed by atoms with E-state index in [2.05, 4.69) is 94.9 Å². The number of ketones is 2. The van der Waals surface area contributed by atoms with Gasteiger partial charge in [-0.1, -0.05) is 70.5 Å². The third-order valence-corrected chi connectivity index (χ3v) is 31.1. The maximum Gasteiger partial charge on any atom is 0.456 e. The zero-order valence-electron chi connectivity index (χ0n) is 79.8. The van der Waals surface area contributed by atoms with Crippen LogP contribution in [0.15, 0.2) is 140 Å². The Bertz CT molecular complexity index is 5750. The Morgan fingerprint density at radius 3 is 1.34 bits per heavy atom. The van der Waals surface area contributed by atoms with Crippen LogP contribution in [0.1, 0.15) is 233 Å². The summed E-state index contributed by atoms with van der Waals surface area (Å²) in [6.07, 6.45) is 2.55. The van der Waals surface area contributed by atoms with Crippen LogP contribution in [0.2, 0.25) is 5.15 Å². The second-order valence-corrected chi connectivity index (χ2v) is 37.4. The molecule has 5 aromatic heterocycles. The maximum atomic E-state index is 14.9. The number of nitrogens with zero attached hydrogens (tertiary/aromatic N) is 13. The Morgan fingerprint density at radius 2 is 0.881 bits per heavy atom. The van der Waals surface area contributed by atoms with Gasteiger partial charge in [-0.3, -0.25) is 48.4 Å². The monoisotopic (exact) mass is 1870 g/mol. The third-order valence-electron chi connectivity index (χ3n) is 30.8. The van der Waals surface area contributed by atoms with Gasteiger partial charge in [0.2, 0.25) is 5.88 Å². The van der Waals surface area contributed by atoms with Gasteiger partial charge in [-0.25, -0.2) is 9.37 Å². The first-order valence-electron chi connectivity index (χ1n) is 47.0. The van der Waals surface area contributed by atoms with Crippen molar-refractivity contribution < 1.29 is 78.4 Å². The molecule has 31 heteroatoms. The summed E-state index contributed by atoms with van der Waals surface area (Å²) < 4.78 is 124. The second-order valence-electron chi connectivity index (χ2n) is 37.0. The number of likely N-dealkylation sites (tertiary alicyclic amines) is 4. The number of aryl methyl sites for hydroxylation is 2. The number of piperidine rings is 4. The first-order chi connectivity index (χ1) is 63.9. The number of aromatic nitrogens is 5. The van der Waals surface area contributed by atoms with Gasteiger partial charge in [0, 0.05) is 169 Å². The van der Waals surface area contributed by atoms with Crippen LogP contribution in [-0.2, 0) is 66.3 Å². The molecule has 4 aromatic carbocycles. The number of amides is 4. The SMILES string of the molecule is CCC(CC)(CC)c1ccc(C(=O)N2CCC3(CC2)c2ccc(C(C)=O)n2CCN3C)cc1.CC[C@@H](C)Oc1ccc(C(=O)N2CCC3(CC2)c2c(F)cc(C(F)(F)F)n2CCN3C)cc1OC.CCc1ccc(C(=O)N2CCC3(CC2)c2ccc(Cl)n2CCN3C)cc1OC.COc1ncccc1-c1ccc(C(=O)N2CCC3(CC2)c2ccc(C(=O)C(F)(F)F)n2CCN3C)cc1C. The van der Waals surface area contributed by atoms with E-state index in [1.807, 2.05) is 116 Å². The van der Waals surface area contributed by atoms with E-state index in [9.17, 15) is 59.5 Å². The fourth-order valence-corrected chi connectivity index (χ4v) is 22.4. The average Bonchev–Trinajstić information content (AvgIpc) is 1.55. The van der Waals surface area contributed by atoms with E-state index in [0.29, 0.717) is 117 Å². The molecule has 13 heterocycles. The van der Waals surface area contributed by atoms with Crippen LogP contribution < -0.4 is 18.9 Å². The van der Waals surface area contributed by atoms with Gasteiger partial charge in [0.15, 0.2) is 17.3 Å². The molecule has 0 bridgehead atoms. The number of pyridine rings is 1. The first-order valence-corrected chi connectivity index (χ1v) is 47.4. The van der Waals surface area contributed by atoms with Crippen LogP contribution in [0, 0.1) is 12.7 Å². The standard InChI is InChI=1S/C28H29F3N4O3.C28H39N3O2.C25H31F4N3O3.C22H28ClN3O2/c1-18-17-19(6-7-20(18)21-5-4-12-32-25(21)38-3)26(37)34-13-10-27(11-14-34)23-9-8-22(24(36)28(29,30)31)35(23)16-15-33(27)2;1-6-27(7-2,8-3)23-11-9-22(10-12-23)26(33)30-17-15-28(16-18-30)25-14-13-24(21(4)32)31(25)20-19-29(28)5;1-5-16(2)35-19-7-6-17(14-20(19)34-4)23(33)31-10-8-24(9-11-31)22-18(26)15-21(25(27,28)29)32(22)13-12-30(24)3;1-4-16-5-6-17(15-18(16)28-3)21(27)25-11-9-22(10-12-25)19-7-8-20(23)26(19)14-13-24(22)2/h4-9,12,17H,10-11,13-16H2,1-3H3;9-14H,6-8,15-20H2,1-5H3;6-7,14-16H,5,8-13H2,1-4H3;5-8,15H,4,9-14H2,1-3H3/t;;16-;/m..1./s1. The van der Waals surface area contributed by atoms with Gasteiger partial charge in [-0.15, -0.1) is 0 Å². The Kier molecular flexibility index (Phi) is 29.8. The Morgan fingerprint density at radius 1 is 0.455 bits per heavy atom. The molecule has 4 spiro atoms. The molecule has 8 aliphatic rings. The normalized spacial score (nSPS) is 18.4. The van der Waals surface area contributed by atoms with Crippen molar-refractivity contribution in [1.82, 2.24) is 62.5 Å². The number of methoxy groups -OCH3 is 3. The fourth-order valence-electron chi connectivity index (χ4n) is 22.2. The van der Waals surface area contributed by atoms with Gasteiger partial charge in [-0.2, -0.15) is 26.3 Å². The van der Waals surface area contributed by atoms with Crippen LogP contribution >= 0.6 is 11.6 Å². The number of carbonyl (C=O) groups excluding carboxylic acids is 6. The lowest BCUT2D eigenvalue weighted by molar-refractivity contribution is -0.144. The molecule has 9 aromatic rings.